The number of aromatic nitrogens is 5. The van der Waals surface area contributed by atoms with Gasteiger partial charge in [0.15, 0.2) is 0 Å². The van der Waals surface area contributed by atoms with Crippen molar-refractivity contribution < 1.29 is 9.90 Å². The van der Waals surface area contributed by atoms with Gasteiger partial charge in [0, 0.05) is 5.38 Å². The van der Waals surface area contributed by atoms with Gasteiger partial charge in [-0.1, -0.05) is 12.8 Å². The number of hydrogen-bond acceptors (Lipinski definition) is 6. The molecule has 0 spiro atoms. The molecule has 0 aliphatic heterocycles. The van der Waals surface area contributed by atoms with Crippen LogP contribution < -0.4 is 0 Å². The Morgan fingerprint density at radius 2 is 2.25 bits per heavy atom. The van der Waals surface area contributed by atoms with Crippen LogP contribution in [0.1, 0.15) is 30.7 Å². The maximum atomic E-state index is 11.6. The van der Waals surface area contributed by atoms with Crippen LogP contribution in [0.2, 0.25) is 0 Å². The number of carbonyl (C=O) groups is 1. The molecular formula is C12H15N5O2S. The topological polar surface area (TPSA) is 93.8 Å². The number of hydrogen-bond donors (Lipinski definition) is 1. The first-order valence-electron chi connectivity index (χ1n) is 6.53. The van der Waals surface area contributed by atoms with Gasteiger partial charge in [0.25, 0.3) is 0 Å². The molecule has 0 bridgehead atoms. The molecule has 7 nitrogen and oxygen atoms in total. The van der Waals surface area contributed by atoms with E-state index in [0.29, 0.717) is 30.9 Å². The molecule has 0 saturated heterocycles. The van der Waals surface area contributed by atoms with Gasteiger partial charge >= 0.3 is 5.97 Å². The molecule has 106 valence electrons. The van der Waals surface area contributed by atoms with Crippen LogP contribution in [-0.2, 0) is 11.3 Å². The van der Waals surface area contributed by atoms with Gasteiger partial charge in [-0.05, 0) is 30.2 Å². The van der Waals surface area contributed by atoms with Gasteiger partial charge in [0.1, 0.15) is 5.69 Å². The second kappa shape index (κ2) is 4.93. The SMILES string of the molecule is Cc1nc(-c2nnnn2CC2(C(=O)O)CCCC2)cs1. The zero-order valence-electron chi connectivity index (χ0n) is 11.1. The van der Waals surface area contributed by atoms with Crippen LogP contribution in [0.5, 0.6) is 0 Å². The lowest BCUT2D eigenvalue weighted by Gasteiger charge is -2.23. The van der Waals surface area contributed by atoms with Gasteiger partial charge in [-0.2, -0.15) is 0 Å². The first kappa shape index (κ1) is 13.2. The molecule has 0 radical (unpaired) electrons. The molecule has 0 unspecified atom stereocenters. The Morgan fingerprint density at radius 3 is 2.85 bits per heavy atom. The Balaban J connectivity index is 1.92. The number of carboxylic acid groups (broad SMARTS) is 1. The Morgan fingerprint density at radius 1 is 1.50 bits per heavy atom. The highest BCUT2D eigenvalue weighted by Gasteiger charge is 2.42. The number of aliphatic carboxylic acids is 1. The molecule has 1 aliphatic carbocycles. The third kappa shape index (κ3) is 2.20. The summed E-state index contributed by atoms with van der Waals surface area (Å²) in [4.78, 5) is 16.0. The van der Waals surface area contributed by atoms with Crippen molar-refractivity contribution >= 4 is 17.3 Å². The molecule has 1 aliphatic rings. The molecule has 2 heterocycles. The second-order valence-corrected chi connectivity index (χ2v) is 6.27. The molecule has 0 atom stereocenters. The first-order valence-corrected chi connectivity index (χ1v) is 7.41. The molecule has 0 amide bonds. The molecule has 1 N–H and O–H groups in total. The number of tetrazole rings is 1. The van der Waals surface area contributed by atoms with Crippen molar-refractivity contribution in [2.45, 2.75) is 39.2 Å². The molecule has 3 rings (SSSR count). The Hall–Kier alpha value is -1.83. The summed E-state index contributed by atoms with van der Waals surface area (Å²) in [6.45, 7) is 2.22. The van der Waals surface area contributed by atoms with Crippen LogP contribution in [0.3, 0.4) is 0 Å². The highest BCUT2D eigenvalue weighted by molar-refractivity contribution is 7.09. The normalized spacial score (nSPS) is 17.4. The zero-order valence-corrected chi connectivity index (χ0v) is 11.9. The predicted molar refractivity (Wildman–Crippen MR) is 72.2 cm³/mol. The Labute approximate surface area is 119 Å². The smallest absolute Gasteiger partial charge is 0.311 e. The lowest BCUT2D eigenvalue weighted by atomic mass is 9.86. The molecule has 1 saturated carbocycles. The van der Waals surface area contributed by atoms with Gasteiger partial charge in [0.2, 0.25) is 5.82 Å². The van der Waals surface area contributed by atoms with Gasteiger partial charge in [-0.25, -0.2) is 9.67 Å². The van der Waals surface area contributed by atoms with Crippen molar-refractivity contribution in [1.82, 2.24) is 25.2 Å². The molecule has 2 aromatic heterocycles. The number of aryl methyl sites for hydroxylation is 1. The van der Waals surface area contributed by atoms with E-state index in [-0.39, 0.29) is 0 Å². The summed E-state index contributed by atoms with van der Waals surface area (Å²) in [5.41, 5.74) is -0.0362. The van der Waals surface area contributed by atoms with Crippen LogP contribution in [0.4, 0.5) is 0 Å². The summed E-state index contributed by atoms with van der Waals surface area (Å²) in [6, 6.07) is 0. The third-order valence-corrected chi connectivity index (χ3v) is 4.62. The summed E-state index contributed by atoms with van der Waals surface area (Å²) in [5.74, 6) is -0.215. The minimum Gasteiger partial charge on any atom is -0.481 e. The average Bonchev–Trinajstić information content (AvgIpc) is 3.10. The van der Waals surface area contributed by atoms with Crippen LogP contribution in [0.25, 0.3) is 11.5 Å². The van der Waals surface area contributed by atoms with E-state index < -0.39 is 11.4 Å². The fourth-order valence-electron chi connectivity index (χ4n) is 2.74. The third-order valence-electron chi connectivity index (χ3n) is 3.85. The summed E-state index contributed by atoms with van der Waals surface area (Å²) in [5, 5.41) is 24.0. The van der Waals surface area contributed by atoms with Crippen molar-refractivity contribution in [2.24, 2.45) is 5.41 Å². The first-order chi connectivity index (χ1) is 9.61. The number of rotatable bonds is 4. The van der Waals surface area contributed by atoms with Crippen LogP contribution in [0.15, 0.2) is 5.38 Å². The van der Waals surface area contributed by atoms with Gasteiger partial charge < -0.3 is 5.11 Å². The largest absolute Gasteiger partial charge is 0.481 e. The summed E-state index contributed by atoms with van der Waals surface area (Å²) >= 11 is 1.52. The van der Waals surface area contributed by atoms with Crippen molar-refractivity contribution in [3.63, 3.8) is 0 Å². The van der Waals surface area contributed by atoms with Crippen molar-refractivity contribution in [3.8, 4) is 11.5 Å². The predicted octanol–water partition coefficient (Wildman–Crippen LogP) is 1.75. The quantitative estimate of drug-likeness (QED) is 0.923. The van der Waals surface area contributed by atoms with Crippen molar-refractivity contribution in [1.29, 1.82) is 0 Å². The van der Waals surface area contributed by atoms with Gasteiger partial charge in [0.05, 0.1) is 17.0 Å². The Bertz CT molecular complexity index is 629. The standard InChI is InChI=1S/C12H15N5O2S/c1-8-13-9(6-20-8)10-14-15-16-17(10)7-12(11(18)19)4-2-3-5-12/h6H,2-5,7H2,1H3,(H,18,19). The van der Waals surface area contributed by atoms with Crippen molar-refractivity contribution in [2.75, 3.05) is 0 Å². The van der Waals surface area contributed by atoms with Gasteiger partial charge in [-0.3, -0.25) is 4.79 Å². The maximum Gasteiger partial charge on any atom is 0.311 e. The van der Waals surface area contributed by atoms with Crippen molar-refractivity contribution in [3.05, 3.63) is 10.4 Å². The zero-order chi connectivity index (χ0) is 14.2. The van der Waals surface area contributed by atoms with E-state index in [0.717, 1.165) is 17.8 Å². The number of thiazole rings is 1. The highest BCUT2D eigenvalue weighted by atomic mass is 32.1. The van der Waals surface area contributed by atoms with E-state index in [2.05, 4.69) is 20.5 Å². The average molecular weight is 293 g/mol. The molecule has 1 fully saturated rings. The van der Waals surface area contributed by atoms with Gasteiger partial charge in [-0.15, -0.1) is 16.4 Å². The lowest BCUT2D eigenvalue weighted by Crippen LogP contribution is -2.33. The molecular weight excluding hydrogens is 278 g/mol. The summed E-state index contributed by atoms with van der Waals surface area (Å²) < 4.78 is 1.58. The van der Waals surface area contributed by atoms with E-state index in [9.17, 15) is 9.90 Å². The summed E-state index contributed by atoms with van der Waals surface area (Å²) in [6.07, 6.45) is 3.24. The fraction of sp³-hybridized carbons (Fsp3) is 0.583. The fourth-order valence-corrected chi connectivity index (χ4v) is 3.33. The lowest BCUT2D eigenvalue weighted by molar-refractivity contribution is -0.149. The van der Waals surface area contributed by atoms with Crippen LogP contribution in [-0.4, -0.2) is 36.3 Å². The second-order valence-electron chi connectivity index (χ2n) is 5.20. The molecule has 8 heteroatoms. The van der Waals surface area contributed by atoms with E-state index in [1.54, 1.807) is 4.68 Å². The number of carboxylic acids is 1. The maximum absolute atomic E-state index is 11.6. The van der Waals surface area contributed by atoms with Crippen LogP contribution >= 0.6 is 11.3 Å². The minimum absolute atomic E-state index is 0.307. The molecule has 20 heavy (non-hydrogen) atoms. The van der Waals surface area contributed by atoms with Crippen LogP contribution in [0, 0.1) is 12.3 Å². The van der Waals surface area contributed by atoms with E-state index in [4.69, 9.17) is 0 Å². The monoisotopic (exact) mass is 293 g/mol. The van der Waals surface area contributed by atoms with E-state index in [1.807, 2.05) is 12.3 Å². The highest BCUT2D eigenvalue weighted by Crippen LogP contribution is 2.40. The minimum atomic E-state index is -0.758. The van der Waals surface area contributed by atoms with E-state index in [1.165, 1.54) is 11.3 Å². The Kier molecular flexibility index (Phi) is 3.25. The summed E-state index contributed by atoms with van der Waals surface area (Å²) in [7, 11) is 0. The molecule has 0 aromatic carbocycles. The van der Waals surface area contributed by atoms with E-state index >= 15 is 0 Å². The number of nitrogens with zero attached hydrogens (tertiary/aromatic N) is 5. The molecule has 2 aromatic rings.